The monoisotopic (exact) mass is 685 g/mol. The number of hydrogen-bond acceptors (Lipinski definition) is 2. The quantitative estimate of drug-likeness (QED) is 0.172. The Bertz CT molecular complexity index is 3450. The minimum atomic E-state index is 0.870. The number of hydrogen-bond donors (Lipinski definition) is 0. The van der Waals surface area contributed by atoms with Gasteiger partial charge in [0.25, 0.3) is 0 Å². The highest BCUT2D eigenvalue weighted by Crippen LogP contribution is 2.50. The van der Waals surface area contributed by atoms with Gasteiger partial charge in [0.15, 0.2) is 0 Å². The largest absolute Gasteiger partial charge is 0.456 e. The van der Waals surface area contributed by atoms with Crippen LogP contribution in [-0.2, 0) is 0 Å². The van der Waals surface area contributed by atoms with Crippen LogP contribution in [0.15, 0.2) is 192 Å². The van der Waals surface area contributed by atoms with Gasteiger partial charge in [-0.3, -0.25) is 0 Å². The molecule has 12 aromatic rings. The van der Waals surface area contributed by atoms with Gasteiger partial charge in [-0.25, -0.2) is 0 Å². The van der Waals surface area contributed by atoms with E-state index in [4.69, 9.17) is 4.42 Å². The van der Waals surface area contributed by atoms with E-state index in [9.17, 15) is 0 Å². The molecule has 54 heavy (non-hydrogen) atoms. The summed E-state index contributed by atoms with van der Waals surface area (Å²) in [6.45, 7) is 0. The molecule has 11 aromatic carbocycles. The third kappa shape index (κ3) is 4.11. The summed E-state index contributed by atoms with van der Waals surface area (Å²) in [6, 6.07) is 68.7. The van der Waals surface area contributed by atoms with Crippen molar-refractivity contribution in [3.63, 3.8) is 0 Å². The SMILES string of the molecule is c1ccc(-c2ccccc2N(c2ccc3c(c2)oc2ccccc23)c2cc3cccc4c5cccc6ccc7cccc(c8cccc2c8c34)c7c65)cc1. The maximum atomic E-state index is 6.53. The first-order valence-electron chi connectivity index (χ1n) is 18.6. The van der Waals surface area contributed by atoms with E-state index in [1.807, 2.05) is 6.07 Å². The molecule has 0 spiro atoms. The van der Waals surface area contributed by atoms with Crippen molar-refractivity contribution in [1.82, 2.24) is 0 Å². The van der Waals surface area contributed by atoms with Gasteiger partial charge in [0.2, 0.25) is 0 Å². The molecule has 12 rings (SSSR count). The average Bonchev–Trinajstić information content (AvgIpc) is 3.61. The number of rotatable bonds is 4. The third-order valence-electron chi connectivity index (χ3n) is 11.5. The molecular weight excluding hydrogens is 655 g/mol. The minimum absolute atomic E-state index is 0.870. The lowest BCUT2D eigenvalue weighted by Crippen LogP contribution is -2.12. The average molecular weight is 686 g/mol. The molecule has 2 nitrogen and oxygen atoms in total. The summed E-state index contributed by atoms with van der Waals surface area (Å²) in [4.78, 5) is 2.45. The van der Waals surface area contributed by atoms with Gasteiger partial charge in [0, 0.05) is 38.9 Å². The van der Waals surface area contributed by atoms with Crippen LogP contribution in [-0.4, -0.2) is 0 Å². The molecule has 0 saturated heterocycles. The summed E-state index contributed by atoms with van der Waals surface area (Å²) >= 11 is 0. The Balaban J connectivity index is 1.27. The van der Waals surface area contributed by atoms with E-state index in [-0.39, 0.29) is 0 Å². The molecular formula is C52H31NO. The molecule has 1 aromatic heterocycles. The van der Waals surface area contributed by atoms with Gasteiger partial charge in [0.1, 0.15) is 11.2 Å². The molecule has 0 N–H and O–H groups in total. The normalized spacial score (nSPS) is 12.1. The molecule has 0 unspecified atom stereocenters. The van der Waals surface area contributed by atoms with Crippen molar-refractivity contribution in [2.75, 3.05) is 4.90 Å². The van der Waals surface area contributed by atoms with Crippen molar-refractivity contribution in [3.05, 3.63) is 188 Å². The van der Waals surface area contributed by atoms with Gasteiger partial charge in [-0.1, -0.05) is 152 Å². The molecule has 0 aliphatic rings. The molecule has 0 aliphatic carbocycles. The predicted molar refractivity (Wildman–Crippen MR) is 230 cm³/mol. The Hall–Kier alpha value is -7.16. The van der Waals surface area contributed by atoms with Crippen molar-refractivity contribution in [2.45, 2.75) is 0 Å². The van der Waals surface area contributed by atoms with Crippen molar-refractivity contribution in [3.8, 4) is 11.1 Å². The Kier molecular flexibility index (Phi) is 6.09. The molecule has 0 atom stereocenters. The van der Waals surface area contributed by atoms with Gasteiger partial charge in [-0.2, -0.15) is 0 Å². The van der Waals surface area contributed by atoms with Crippen LogP contribution in [0.4, 0.5) is 17.1 Å². The fraction of sp³-hybridized carbons (Fsp3) is 0. The zero-order valence-corrected chi connectivity index (χ0v) is 29.3. The van der Waals surface area contributed by atoms with E-state index in [1.165, 1.54) is 70.2 Å². The van der Waals surface area contributed by atoms with Crippen LogP contribution >= 0.6 is 0 Å². The molecule has 0 radical (unpaired) electrons. The van der Waals surface area contributed by atoms with Crippen LogP contribution < -0.4 is 4.90 Å². The molecule has 0 fully saturated rings. The van der Waals surface area contributed by atoms with Crippen LogP contribution in [0.2, 0.25) is 0 Å². The number of anilines is 3. The molecule has 0 aliphatic heterocycles. The Morgan fingerprint density at radius 1 is 0.315 bits per heavy atom. The topological polar surface area (TPSA) is 16.4 Å². The lowest BCUT2D eigenvalue weighted by molar-refractivity contribution is 0.669. The molecule has 1 heterocycles. The summed E-state index contributed by atoms with van der Waals surface area (Å²) in [6.07, 6.45) is 0. The molecule has 250 valence electrons. The summed E-state index contributed by atoms with van der Waals surface area (Å²) in [7, 11) is 0. The Morgan fingerprint density at radius 2 is 0.870 bits per heavy atom. The standard InChI is InChI=1S/C52H31NO/c1-2-12-32(13-3-1)37-17-4-6-24-45(37)53(36-28-29-39-38-18-5-7-25-47(38)54-48(39)31-36)46-30-35-16-10-21-41-40-19-8-14-33-26-27-34-15-9-20-42(50(34)49(33)40)43-22-11-23-44(46)52(43)51(35)41/h1-31H. The zero-order chi connectivity index (χ0) is 35.3. The summed E-state index contributed by atoms with van der Waals surface area (Å²) in [5.74, 6) is 0. The first-order chi connectivity index (χ1) is 26.8. The first kappa shape index (κ1) is 29.4. The summed E-state index contributed by atoms with van der Waals surface area (Å²) in [5, 5.41) is 17.4. The van der Waals surface area contributed by atoms with E-state index in [0.717, 1.165) is 44.6 Å². The van der Waals surface area contributed by atoms with Gasteiger partial charge in [-0.15, -0.1) is 0 Å². The smallest absolute Gasteiger partial charge is 0.137 e. The van der Waals surface area contributed by atoms with Crippen molar-refractivity contribution < 1.29 is 4.42 Å². The summed E-state index contributed by atoms with van der Waals surface area (Å²) < 4.78 is 6.53. The second-order valence-corrected chi connectivity index (χ2v) is 14.4. The molecule has 2 heteroatoms. The molecule has 0 bridgehead atoms. The second-order valence-electron chi connectivity index (χ2n) is 14.4. The second kappa shape index (κ2) is 11.2. The van der Waals surface area contributed by atoms with Crippen molar-refractivity contribution in [1.29, 1.82) is 0 Å². The highest BCUT2D eigenvalue weighted by Gasteiger charge is 2.24. The number of nitrogens with zero attached hydrogens (tertiary/aromatic N) is 1. The van der Waals surface area contributed by atoms with Crippen LogP contribution in [0.25, 0.3) is 97.7 Å². The van der Waals surface area contributed by atoms with E-state index < -0.39 is 0 Å². The number of furan rings is 1. The Labute approximate surface area is 311 Å². The fourth-order valence-electron chi connectivity index (χ4n) is 9.26. The van der Waals surface area contributed by atoms with Crippen molar-refractivity contribution in [2.24, 2.45) is 0 Å². The lowest BCUT2D eigenvalue weighted by Gasteiger charge is -2.30. The fourth-order valence-corrected chi connectivity index (χ4v) is 9.26. The van der Waals surface area contributed by atoms with Gasteiger partial charge in [0.05, 0.1) is 11.4 Å². The highest BCUT2D eigenvalue weighted by atomic mass is 16.3. The van der Waals surface area contributed by atoms with Crippen molar-refractivity contribution >= 4 is 104 Å². The predicted octanol–water partition coefficient (Wildman–Crippen LogP) is 15.1. The van der Waals surface area contributed by atoms with E-state index in [1.54, 1.807) is 0 Å². The maximum Gasteiger partial charge on any atom is 0.137 e. The molecule has 0 amide bonds. The maximum absolute atomic E-state index is 6.53. The van der Waals surface area contributed by atoms with E-state index in [0.29, 0.717) is 0 Å². The van der Waals surface area contributed by atoms with Gasteiger partial charge >= 0.3 is 0 Å². The number of para-hydroxylation sites is 2. The van der Waals surface area contributed by atoms with Crippen LogP contribution in [0.3, 0.4) is 0 Å². The number of benzene rings is 10. The summed E-state index contributed by atoms with van der Waals surface area (Å²) in [5.41, 5.74) is 7.36. The first-order valence-corrected chi connectivity index (χ1v) is 18.6. The van der Waals surface area contributed by atoms with Crippen LogP contribution in [0.5, 0.6) is 0 Å². The van der Waals surface area contributed by atoms with Crippen LogP contribution in [0, 0.1) is 0 Å². The van der Waals surface area contributed by atoms with Gasteiger partial charge < -0.3 is 9.32 Å². The minimum Gasteiger partial charge on any atom is -0.456 e. The van der Waals surface area contributed by atoms with Crippen LogP contribution in [0.1, 0.15) is 0 Å². The van der Waals surface area contributed by atoms with E-state index >= 15 is 0 Å². The lowest BCUT2D eigenvalue weighted by atomic mass is 9.87. The van der Waals surface area contributed by atoms with Gasteiger partial charge in [-0.05, 0) is 89.8 Å². The highest BCUT2D eigenvalue weighted by molar-refractivity contribution is 6.38. The third-order valence-corrected chi connectivity index (χ3v) is 11.5. The zero-order valence-electron chi connectivity index (χ0n) is 29.3. The number of fused-ring (bicyclic) bond motifs is 5. The molecule has 0 saturated carbocycles. The Morgan fingerprint density at radius 3 is 1.63 bits per heavy atom. The van der Waals surface area contributed by atoms with E-state index in [2.05, 4.69) is 187 Å².